The molecule has 1 atom stereocenters. The summed E-state index contributed by atoms with van der Waals surface area (Å²) in [4.78, 5) is 32.6. The number of ketones is 1. The highest BCUT2D eigenvalue weighted by Gasteiger charge is 2.46. The van der Waals surface area contributed by atoms with Crippen LogP contribution in [0.5, 0.6) is 17.2 Å². The molecule has 1 amide bonds. The molecule has 3 aromatic carbocycles. The van der Waals surface area contributed by atoms with Crippen LogP contribution in [0.4, 0.5) is 0 Å². The standard InChI is InChI=1S/C34H35N3O6/c1-3-19-42-27-12-7-11-26(20-27)32(38)30-31(37(34(40)33(30)39)17-8-16-36-18-15-35-23-36)25-13-14-28(29(21-25)41-2)43-22-24-9-5-4-6-10-24/h4-7,9-15,18,20-21,23,31,38H,3,8,16-17,19,22H2,1-2H3. The number of nitrogens with zero attached hydrogens (tertiary/aromatic N) is 3. The molecular formula is C34H35N3O6. The van der Waals surface area contributed by atoms with Crippen molar-refractivity contribution in [1.82, 2.24) is 14.5 Å². The zero-order chi connectivity index (χ0) is 30.2. The van der Waals surface area contributed by atoms with E-state index in [0.717, 1.165) is 12.0 Å². The van der Waals surface area contributed by atoms with Crippen LogP contribution in [-0.2, 0) is 22.7 Å². The molecule has 9 nitrogen and oxygen atoms in total. The van der Waals surface area contributed by atoms with Crippen LogP contribution in [-0.4, -0.2) is 51.5 Å². The van der Waals surface area contributed by atoms with Crippen molar-refractivity contribution < 1.29 is 28.9 Å². The predicted molar refractivity (Wildman–Crippen MR) is 162 cm³/mol. The SMILES string of the molecule is CCCOc1cccc(C(O)=C2C(=O)C(=O)N(CCCn3ccnc3)C2c2ccc(OCc3ccccc3)c(OC)c2)c1. The Morgan fingerprint density at radius 2 is 1.79 bits per heavy atom. The van der Waals surface area contributed by atoms with Crippen molar-refractivity contribution in [3.05, 3.63) is 114 Å². The van der Waals surface area contributed by atoms with Gasteiger partial charge in [0.05, 0.1) is 31.7 Å². The normalized spacial score (nSPS) is 16.0. The van der Waals surface area contributed by atoms with Crippen LogP contribution >= 0.6 is 0 Å². The molecule has 1 aliphatic heterocycles. The van der Waals surface area contributed by atoms with Gasteiger partial charge in [0.25, 0.3) is 11.7 Å². The summed E-state index contributed by atoms with van der Waals surface area (Å²) in [6, 6.07) is 21.2. The van der Waals surface area contributed by atoms with E-state index in [4.69, 9.17) is 14.2 Å². The number of aliphatic hydroxyl groups excluding tert-OH is 1. The quantitative estimate of drug-likeness (QED) is 0.121. The second kappa shape index (κ2) is 13.7. The molecule has 9 heteroatoms. The van der Waals surface area contributed by atoms with E-state index in [1.807, 2.05) is 48.0 Å². The lowest BCUT2D eigenvalue weighted by Gasteiger charge is -2.26. The number of aryl methyl sites for hydroxylation is 1. The molecule has 0 saturated carbocycles. The molecular weight excluding hydrogens is 546 g/mol. The smallest absolute Gasteiger partial charge is 0.295 e. The van der Waals surface area contributed by atoms with Gasteiger partial charge in [0.2, 0.25) is 0 Å². The molecule has 0 radical (unpaired) electrons. The van der Waals surface area contributed by atoms with Crippen LogP contribution in [0.25, 0.3) is 5.76 Å². The number of benzene rings is 3. The van der Waals surface area contributed by atoms with Gasteiger partial charge in [-0.2, -0.15) is 0 Å². The molecule has 1 aromatic heterocycles. The van der Waals surface area contributed by atoms with Gasteiger partial charge in [0, 0.05) is 31.0 Å². The van der Waals surface area contributed by atoms with E-state index in [0.29, 0.717) is 61.1 Å². The van der Waals surface area contributed by atoms with Gasteiger partial charge in [-0.05, 0) is 48.2 Å². The molecule has 4 aromatic rings. The molecule has 222 valence electrons. The first-order valence-corrected chi connectivity index (χ1v) is 14.3. The largest absolute Gasteiger partial charge is 0.507 e. The van der Waals surface area contributed by atoms with Gasteiger partial charge in [0.15, 0.2) is 11.5 Å². The first-order chi connectivity index (χ1) is 21.0. The topological polar surface area (TPSA) is 103 Å². The number of carbonyl (C=O) groups is 2. The van der Waals surface area contributed by atoms with Gasteiger partial charge in [-0.25, -0.2) is 4.98 Å². The van der Waals surface area contributed by atoms with E-state index < -0.39 is 17.7 Å². The predicted octanol–water partition coefficient (Wildman–Crippen LogP) is 5.77. The Bertz CT molecular complexity index is 1580. The molecule has 1 aliphatic rings. The summed E-state index contributed by atoms with van der Waals surface area (Å²) in [7, 11) is 1.54. The summed E-state index contributed by atoms with van der Waals surface area (Å²) in [6.07, 6.45) is 6.65. The van der Waals surface area contributed by atoms with Crippen molar-refractivity contribution in [2.24, 2.45) is 0 Å². The Labute approximate surface area is 251 Å². The number of likely N-dealkylation sites (tertiary alicyclic amines) is 1. The van der Waals surface area contributed by atoms with Crippen LogP contribution < -0.4 is 14.2 Å². The summed E-state index contributed by atoms with van der Waals surface area (Å²) in [5.41, 5.74) is 2.03. The maximum atomic E-state index is 13.5. The van der Waals surface area contributed by atoms with E-state index in [1.165, 1.54) is 4.90 Å². The minimum atomic E-state index is -0.833. The number of Topliss-reactive ketones (excluding diaryl/α,β-unsaturated/α-hetero) is 1. The van der Waals surface area contributed by atoms with Gasteiger partial charge in [-0.3, -0.25) is 9.59 Å². The van der Waals surface area contributed by atoms with Crippen LogP contribution in [0.15, 0.2) is 97.1 Å². The summed E-state index contributed by atoms with van der Waals surface area (Å²) in [5.74, 6) is -0.128. The monoisotopic (exact) mass is 581 g/mol. The third-order valence-corrected chi connectivity index (χ3v) is 7.24. The van der Waals surface area contributed by atoms with Crippen molar-refractivity contribution in [2.75, 3.05) is 20.3 Å². The zero-order valence-corrected chi connectivity index (χ0v) is 24.3. The van der Waals surface area contributed by atoms with Crippen LogP contribution in [0, 0.1) is 0 Å². The highest BCUT2D eigenvalue weighted by molar-refractivity contribution is 6.46. The lowest BCUT2D eigenvalue weighted by atomic mass is 9.95. The molecule has 1 unspecified atom stereocenters. The van der Waals surface area contributed by atoms with Crippen LogP contribution in [0.2, 0.25) is 0 Å². The first kappa shape index (κ1) is 29.4. The fourth-order valence-corrected chi connectivity index (χ4v) is 5.12. The molecule has 1 saturated heterocycles. The molecule has 1 fully saturated rings. The third-order valence-electron chi connectivity index (χ3n) is 7.24. The van der Waals surface area contributed by atoms with Gasteiger partial charge < -0.3 is 28.8 Å². The minimum Gasteiger partial charge on any atom is -0.507 e. The number of ether oxygens (including phenoxy) is 3. The lowest BCUT2D eigenvalue weighted by Crippen LogP contribution is -2.31. The van der Waals surface area contributed by atoms with Gasteiger partial charge in [0.1, 0.15) is 18.1 Å². The van der Waals surface area contributed by atoms with E-state index >= 15 is 0 Å². The number of methoxy groups -OCH3 is 1. The molecule has 2 heterocycles. The maximum Gasteiger partial charge on any atom is 0.295 e. The lowest BCUT2D eigenvalue weighted by molar-refractivity contribution is -0.139. The number of carbonyl (C=O) groups excluding carboxylic acids is 2. The van der Waals surface area contributed by atoms with E-state index in [9.17, 15) is 14.7 Å². The molecule has 1 N–H and O–H groups in total. The number of aliphatic hydroxyl groups is 1. The second-order valence-corrected chi connectivity index (χ2v) is 10.2. The van der Waals surface area contributed by atoms with Crippen molar-refractivity contribution in [3.63, 3.8) is 0 Å². The number of aromatic nitrogens is 2. The third kappa shape index (κ3) is 6.72. The van der Waals surface area contributed by atoms with Crippen LogP contribution in [0.1, 0.15) is 42.5 Å². The highest BCUT2D eigenvalue weighted by Crippen LogP contribution is 2.42. The molecule has 43 heavy (non-hydrogen) atoms. The van der Waals surface area contributed by atoms with Crippen molar-refractivity contribution in [2.45, 2.75) is 39.0 Å². The van der Waals surface area contributed by atoms with Crippen molar-refractivity contribution in [1.29, 1.82) is 0 Å². The van der Waals surface area contributed by atoms with Crippen LogP contribution in [0.3, 0.4) is 0 Å². The Morgan fingerprint density at radius 1 is 0.953 bits per heavy atom. The van der Waals surface area contributed by atoms with E-state index in [-0.39, 0.29) is 11.3 Å². The van der Waals surface area contributed by atoms with E-state index in [1.54, 1.807) is 62.1 Å². The number of amides is 1. The number of hydrogen-bond acceptors (Lipinski definition) is 7. The average Bonchev–Trinajstić information content (AvgIpc) is 3.65. The number of hydrogen-bond donors (Lipinski definition) is 1. The summed E-state index contributed by atoms with van der Waals surface area (Å²) in [6.45, 7) is 3.77. The van der Waals surface area contributed by atoms with Crippen molar-refractivity contribution >= 4 is 17.4 Å². The molecule has 0 bridgehead atoms. The Morgan fingerprint density at radius 3 is 2.53 bits per heavy atom. The molecule has 0 spiro atoms. The van der Waals surface area contributed by atoms with Gasteiger partial charge in [-0.15, -0.1) is 0 Å². The summed E-state index contributed by atoms with van der Waals surface area (Å²) in [5, 5.41) is 11.5. The number of rotatable bonds is 13. The Balaban J connectivity index is 1.51. The minimum absolute atomic E-state index is 0.0141. The zero-order valence-electron chi connectivity index (χ0n) is 24.3. The number of imidazole rings is 1. The Kier molecular flexibility index (Phi) is 9.41. The molecule has 5 rings (SSSR count). The van der Waals surface area contributed by atoms with Gasteiger partial charge >= 0.3 is 0 Å². The van der Waals surface area contributed by atoms with Crippen molar-refractivity contribution in [3.8, 4) is 17.2 Å². The molecule has 0 aliphatic carbocycles. The second-order valence-electron chi connectivity index (χ2n) is 10.2. The maximum absolute atomic E-state index is 13.5. The summed E-state index contributed by atoms with van der Waals surface area (Å²) >= 11 is 0. The fraction of sp³-hybridized carbons (Fsp3) is 0.265. The Hall–Kier alpha value is -5.05. The average molecular weight is 582 g/mol. The van der Waals surface area contributed by atoms with E-state index in [2.05, 4.69) is 4.98 Å². The first-order valence-electron chi connectivity index (χ1n) is 14.3. The summed E-state index contributed by atoms with van der Waals surface area (Å²) < 4.78 is 19.4. The fourth-order valence-electron chi connectivity index (χ4n) is 5.12. The highest BCUT2D eigenvalue weighted by atomic mass is 16.5. The van der Waals surface area contributed by atoms with Gasteiger partial charge in [-0.1, -0.05) is 55.5 Å².